The SMILES string of the molecule is Cc1ccc(CN2CC(CO)C2)cc1Cl. The molecular weight excluding hydrogens is 210 g/mol. The van der Waals surface area contributed by atoms with Crippen molar-refractivity contribution in [2.45, 2.75) is 13.5 Å². The van der Waals surface area contributed by atoms with Gasteiger partial charge in [-0.3, -0.25) is 4.90 Å². The van der Waals surface area contributed by atoms with Gasteiger partial charge in [-0.25, -0.2) is 0 Å². The average Bonchev–Trinajstić information content (AvgIpc) is 2.16. The van der Waals surface area contributed by atoms with Crippen molar-refractivity contribution in [3.8, 4) is 0 Å². The van der Waals surface area contributed by atoms with Crippen LogP contribution in [0, 0.1) is 12.8 Å². The van der Waals surface area contributed by atoms with Crippen LogP contribution in [-0.2, 0) is 6.54 Å². The number of likely N-dealkylation sites (tertiary alicyclic amines) is 1. The van der Waals surface area contributed by atoms with E-state index >= 15 is 0 Å². The van der Waals surface area contributed by atoms with E-state index in [0.29, 0.717) is 12.5 Å². The van der Waals surface area contributed by atoms with Crippen LogP contribution in [0.25, 0.3) is 0 Å². The lowest BCUT2D eigenvalue weighted by molar-refractivity contribution is 0.0479. The van der Waals surface area contributed by atoms with E-state index in [9.17, 15) is 0 Å². The zero-order valence-electron chi connectivity index (χ0n) is 8.91. The van der Waals surface area contributed by atoms with E-state index in [1.54, 1.807) is 0 Å². The van der Waals surface area contributed by atoms with Crippen molar-refractivity contribution in [1.29, 1.82) is 0 Å². The molecule has 2 rings (SSSR count). The molecule has 0 aromatic heterocycles. The van der Waals surface area contributed by atoms with Crippen LogP contribution in [0.1, 0.15) is 11.1 Å². The molecule has 1 N–H and O–H groups in total. The van der Waals surface area contributed by atoms with Crippen molar-refractivity contribution < 1.29 is 5.11 Å². The van der Waals surface area contributed by atoms with Crippen molar-refractivity contribution in [3.05, 3.63) is 34.3 Å². The van der Waals surface area contributed by atoms with Gasteiger partial charge in [-0.1, -0.05) is 23.7 Å². The minimum atomic E-state index is 0.311. The van der Waals surface area contributed by atoms with Gasteiger partial charge >= 0.3 is 0 Å². The number of aryl methyl sites for hydroxylation is 1. The minimum Gasteiger partial charge on any atom is -0.396 e. The molecule has 0 bridgehead atoms. The van der Waals surface area contributed by atoms with E-state index in [4.69, 9.17) is 16.7 Å². The number of nitrogens with zero attached hydrogens (tertiary/aromatic N) is 1. The monoisotopic (exact) mass is 225 g/mol. The summed E-state index contributed by atoms with van der Waals surface area (Å²) < 4.78 is 0. The Hall–Kier alpha value is -0.570. The number of aliphatic hydroxyl groups is 1. The second kappa shape index (κ2) is 4.52. The molecule has 1 aliphatic heterocycles. The number of hydrogen-bond acceptors (Lipinski definition) is 2. The van der Waals surface area contributed by atoms with Crippen LogP contribution in [0.2, 0.25) is 5.02 Å². The summed E-state index contributed by atoms with van der Waals surface area (Å²) in [7, 11) is 0. The quantitative estimate of drug-likeness (QED) is 0.852. The number of rotatable bonds is 3. The molecule has 82 valence electrons. The lowest BCUT2D eigenvalue weighted by Crippen LogP contribution is -2.47. The Balaban J connectivity index is 1.92. The maximum atomic E-state index is 8.90. The van der Waals surface area contributed by atoms with Gasteiger partial charge in [-0.15, -0.1) is 0 Å². The Morgan fingerprint density at radius 3 is 2.80 bits per heavy atom. The molecule has 0 radical (unpaired) electrons. The summed E-state index contributed by atoms with van der Waals surface area (Å²) in [6.07, 6.45) is 0. The van der Waals surface area contributed by atoms with Crippen LogP contribution in [-0.4, -0.2) is 29.7 Å². The Bertz CT molecular complexity index is 347. The van der Waals surface area contributed by atoms with Crippen molar-refractivity contribution in [2.75, 3.05) is 19.7 Å². The van der Waals surface area contributed by atoms with E-state index in [-0.39, 0.29) is 0 Å². The largest absolute Gasteiger partial charge is 0.396 e. The first kappa shape index (κ1) is 10.9. The molecule has 0 amide bonds. The molecule has 2 nitrogen and oxygen atoms in total. The Labute approximate surface area is 95.5 Å². The van der Waals surface area contributed by atoms with Crippen LogP contribution in [0.5, 0.6) is 0 Å². The fourth-order valence-electron chi connectivity index (χ4n) is 1.91. The van der Waals surface area contributed by atoms with Gasteiger partial charge in [0.25, 0.3) is 0 Å². The highest BCUT2D eigenvalue weighted by Gasteiger charge is 2.25. The Morgan fingerprint density at radius 2 is 2.20 bits per heavy atom. The molecule has 0 spiro atoms. The Kier molecular flexibility index (Phi) is 3.29. The van der Waals surface area contributed by atoms with Gasteiger partial charge in [0.2, 0.25) is 0 Å². The first-order valence-electron chi connectivity index (χ1n) is 5.27. The predicted octanol–water partition coefficient (Wildman–Crippen LogP) is 2.07. The van der Waals surface area contributed by atoms with Crippen molar-refractivity contribution >= 4 is 11.6 Å². The third kappa shape index (κ3) is 2.51. The van der Waals surface area contributed by atoms with E-state index in [2.05, 4.69) is 17.0 Å². The first-order valence-corrected chi connectivity index (χ1v) is 5.65. The van der Waals surface area contributed by atoms with Crippen molar-refractivity contribution in [1.82, 2.24) is 4.90 Å². The smallest absolute Gasteiger partial charge is 0.0483 e. The van der Waals surface area contributed by atoms with Gasteiger partial charge in [-0.05, 0) is 24.1 Å². The van der Waals surface area contributed by atoms with Gasteiger partial charge < -0.3 is 5.11 Å². The molecule has 0 saturated carbocycles. The zero-order valence-corrected chi connectivity index (χ0v) is 9.67. The normalized spacial score (nSPS) is 17.8. The van der Waals surface area contributed by atoms with Crippen LogP contribution in [0.15, 0.2) is 18.2 Å². The number of hydrogen-bond donors (Lipinski definition) is 1. The van der Waals surface area contributed by atoms with Crippen LogP contribution in [0.4, 0.5) is 0 Å². The molecule has 1 aromatic carbocycles. The summed E-state index contributed by atoms with van der Waals surface area (Å²) >= 11 is 6.06. The van der Waals surface area contributed by atoms with E-state index in [0.717, 1.165) is 30.2 Å². The number of halogens is 1. The highest BCUT2D eigenvalue weighted by molar-refractivity contribution is 6.31. The summed E-state index contributed by atoms with van der Waals surface area (Å²) in [6, 6.07) is 6.21. The summed E-state index contributed by atoms with van der Waals surface area (Å²) in [5, 5.41) is 9.74. The summed E-state index contributed by atoms with van der Waals surface area (Å²) in [5.74, 6) is 0.478. The Morgan fingerprint density at radius 1 is 1.47 bits per heavy atom. The molecule has 1 heterocycles. The van der Waals surface area contributed by atoms with Crippen LogP contribution < -0.4 is 0 Å². The molecule has 1 fully saturated rings. The predicted molar refractivity (Wildman–Crippen MR) is 62.0 cm³/mol. The van der Waals surface area contributed by atoms with Crippen molar-refractivity contribution in [3.63, 3.8) is 0 Å². The molecule has 1 saturated heterocycles. The molecule has 1 aromatic rings. The molecule has 0 unspecified atom stereocenters. The molecule has 0 aliphatic carbocycles. The highest BCUT2D eigenvalue weighted by Crippen LogP contribution is 2.21. The van der Waals surface area contributed by atoms with Gasteiger partial charge in [-0.2, -0.15) is 0 Å². The van der Waals surface area contributed by atoms with E-state index in [1.807, 2.05) is 13.0 Å². The van der Waals surface area contributed by atoms with Crippen LogP contribution in [0.3, 0.4) is 0 Å². The van der Waals surface area contributed by atoms with Gasteiger partial charge in [0.15, 0.2) is 0 Å². The zero-order chi connectivity index (χ0) is 10.8. The first-order chi connectivity index (χ1) is 7.19. The summed E-state index contributed by atoms with van der Waals surface area (Å²) in [4.78, 5) is 2.32. The fourth-order valence-corrected chi connectivity index (χ4v) is 2.12. The molecule has 0 atom stereocenters. The maximum absolute atomic E-state index is 8.90. The second-order valence-corrected chi connectivity index (χ2v) is 4.73. The highest BCUT2D eigenvalue weighted by atomic mass is 35.5. The van der Waals surface area contributed by atoms with E-state index in [1.165, 1.54) is 5.56 Å². The minimum absolute atomic E-state index is 0.311. The lowest BCUT2D eigenvalue weighted by atomic mass is 10.0. The molecule has 3 heteroatoms. The third-order valence-corrected chi connectivity index (χ3v) is 3.34. The fraction of sp³-hybridized carbons (Fsp3) is 0.500. The third-order valence-electron chi connectivity index (χ3n) is 2.93. The number of benzene rings is 1. The second-order valence-electron chi connectivity index (χ2n) is 4.33. The van der Waals surface area contributed by atoms with Gasteiger partial charge in [0, 0.05) is 37.2 Å². The number of aliphatic hydroxyl groups excluding tert-OH is 1. The van der Waals surface area contributed by atoms with Gasteiger partial charge in [0.1, 0.15) is 0 Å². The average molecular weight is 226 g/mol. The standard InChI is InChI=1S/C12H16ClNO/c1-9-2-3-10(4-12(9)13)5-14-6-11(7-14)8-15/h2-4,11,15H,5-8H2,1H3. The van der Waals surface area contributed by atoms with Gasteiger partial charge in [0.05, 0.1) is 0 Å². The molecule has 15 heavy (non-hydrogen) atoms. The van der Waals surface area contributed by atoms with Crippen LogP contribution >= 0.6 is 11.6 Å². The summed E-state index contributed by atoms with van der Waals surface area (Å²) in [5.41, 5.74) is 2.37. The molecular formula is C12H16ClNO. The lowest BCUT2D eigenvalue weighted by Gasteiger charge is -2.38. The summed E-state index contributed by atoms with van der Waals surface area (Å²) in [6.45, 7) is 5.27. The molecule has 1 aliphatic rings. The van der Waals surface area contributed by atoms with Crippen molar-refractivity contribution in [2.24, 2.45) is 5.92 Å². The van der Waals surface area contributed by atoms with E-state index < -0.39 is 0 Å². The maximum Gasteiger partial charge on any atom is 0.0483 e. The topological polar surface area (TPSA) is 23.5 Å².